The van der Waals surface area contributed by atoms with Gasteiger partial charge in [0.1, 0.15) is 17.4 Å². The minimum atomic E-state index is -0.214. The van der Waals surface area contributed by atoms with Gasteiger partial charge in [0, 0.05) is 16.9 Å². The van der Waals surface area contributed by atoms with Gasteiger partial charge < -0.3 is 4.74 Å². The Morgan fingerprint density at radius 2 is 2.24 bits per heavy atom. The zero-order valence-corrected chi connectivity index (χ0v) is 15.2. The van der Waals surface area contributed by atoms with E-state index in [0.29, 0.717) is 29.0 Å². The third-order valence-corrected chi connectivity index (χ3v) is 5.56. The maximum absolute atomic E-state index is 12.4. The highest BCUT2D eigenvalue weighted by Crippen LogP contribution is 2.42. The number of ether oxygens (including phenoxy) is 1. The van der Waals surface area contributed by atoms with E-state index in [9.17, 15) is 4.79 Å². The van der Waals surface area contributed by atoms with Crippen LogP contribution in [0.15, 0.2) is 29.6 Å². The summed E-state index contributed by atoms with van der Waals surface area (Å²) in [5, 5.41) is 15.5. The molecule has 0 spiro atoms. The number of rotatable bonds is 6. The number of carbonyl (C=O) groups is 1. The molecule has 8 heteroatoms. The van der Waals surface area contributed by atoms with Crippen LogP contribution in [0.1, 0.15) is 44.8 Å². The van der Waals surface area contributed by atoms with Gasteiger partial charge >= 0.3 is 0 Å². The largest absolute Gasteiger partial charge is 0.487 e. The Hall–Kier alpha value is -2.32. The first-order chi connectivity index (χ1) is 12.2. The maximum atomic E-state index is 12.4. The molecule has 6 nitrogen and oxygen atoms in total. The molecule has 1 aliphatic carbocycles. The van der Waals surface area contributed by atoms with Crippen molar-refractivity contribution in [3.63, 3.8) is 0 Å². The highest BCUT2D eigenvalue weighted by Gasteiger charge is 2.27. The fourth-order valence-corrected chi connectivity index (χ4v) is 3.81. The number of aryl methyl sites for hydroxylation is 1. The van der Waals surface area contributed by atoms with Crippen molar-refractivity contribution in [2.24, 2.45) is 0 Å². The lowest BCUT2D eigenvalue weighted by Crippen LogP contribution is -2.11. The van der Waals surface area contributed by atoms with Crippen LogP contribution in [-0.2, 0) is 6.61 Å². The van der Waals surface area contributed by atoms with Crippen LogP contribution in [0, 0.1) is 6.92 Å². The monoisotopic (exact) mass is 372 g/mol. The van der Waals surface area contributed by atoms with Gasteiger partial charge in [-0.1, -0.05) is 17.4 Å². The van der Waals surface area contributed by atoms with E-state index in [4.69, 9.17) is 4.74 Å². The Labute approximate surface area is 152 Å². The first-order valence-electron chi connectivity index (χ1n) is 7.96. The SMILES string of the molecule is Cc1nc(COc2cccc(C(=O)Nc3nnc(C4CC4)s3)c2)cs1. The number of anilines is 1. The van der Waals surface area contributed by atoms with E-state index in [-0.39, 0.29) is 5.91 Å². The summed E-state index contributed by atoms with van der Waals surface area (Å²) >= 11 is 3.04. The molecule has 1 amide bonds. The highest BCUT2D eigenvalue weighted by molar-refractivity contribution is 7.15. The van der Waals surface area contributed by atoms with E-state index in [1.807, 2.05) is 18.4 Å². The third-order valence-electron chi connectivity index (χ3n) is 3.74. The normalized spacial score (nSPS) is 13.6. The van der Waals surface area contributed by atoms with Crippen molar-refractivity contribution in [2.75, 3.05) is 5.32 Å². The van der Waals surface area contributed by atoms with Gasteiger partial charge in [-0.2, -0.15) is 0 Å². The molecule has 2 aromatic heterocycles. The number of amides is 1. The number of aromatic nitrogens is 3. The number of benzene rings is 1. The molecule has 1 saturated carbocycles. The van der Waals surface area contributed by atoms with E-state index >= 15 is 0 Å². The molecule has 0 bridgehead atoms. The van der Waals surface area contributed by atoms with E-state index in [1.165, 1.54) is 24.2 Å². The maximum Gasteiger partial charge on any atom is 0.257 e. The molecule has 2 heterocycles. The molecule has 4 rings (SSSR count). The smallest absolute Gasteiger partial charge is 0.257 e. The van der Waals surface area contributed by atoms with Crippen LogP contribution < -0.4 is 10.1 Å². The Kier molecular flexibility index (Phi) is 4.46. The van der Waals surface area contributed by atoms with E-state index in [2.05, 4.69) is 20.5 Å². The standard InChI is InChI=1S/C17H16N4O2S2/c1-10-18-13(9-24-10)8-23-14-4-2-3-12(7-14)15(22)19-17-21-20-16(25-17)11-5-6-11/h2-4,7,9,11H,5-6,8H2,1H3,(H,19,21,22). The third kappa shape index (κ3) is 4.02. The average Bonchev–Trinajstić information content (AvgIpc) is 3.23. The lowest BCUT2D eigenvalue weighted by atomic mass is 10.2. The Bertz CT molecular complexity index is 901. The molecule has 1 aliphatic rings. The molecule has 1 aromatic carbocycles. The average molecular weight is 372 g/mol. The van der Waals surface area contributed by atoms with Crippen molar-refractivity contribution >= 4 is 33.7 Å². The van der Waals surface area contributed by atoms with Gasteiger partial charge in [-0.3, -0.25) is 10.1 Å². The van der Waals surface area contributed by atoms with Crippen molar-refractivity contribution in [3.8, 4) is 5.75 Å². The minimum absolute atomic E-state index is 0.214. The van der Waals surface area contributed by atoms with Crippen LogP contribution in [0.25, 0.3) is 0 Å². The molecule has 1 fully saturated rings. The van der Waals surface area contributed by atoms with E-state index < -0.39 is 0 Å². The lowest BCUT2D eigenvalue weighted by Gasteiger charge is -2.06. The number of thiazole rings is 1. The summed E-state index contributed by atoms with van der Waals surface area (Å²) in [4.78, 5) is 16.8. The second-order valence-corrected chi connectivity index (χ2v) is 7.92. The Morgan fingerprint density at radius 3 is 3.00 bits per heavy atom. The highest BCUT2D eigenvalue weighted by atomic mass is 32.1. The van der Waals surface area contributed by atoms with Gasteiger partial charge in [0.2, 0.25) is 5.13 Å². The van der Waals surface area contributed by atoms with Gasteiger partial charge in [-0.25, -0.2) is 4.98 Å². The Morgan fingerprint density at radius 1 is 1.36 bits per heavy atom. The summed E-state index contributed by atoms with van der Waals surface area (Å²) in [5.74, 6) is 0.955. The number of nitrogens with one attached hydrogen (secondary N) is 1. The number of hydrogen-bond acceptors (Lipinski definition) is 7. The molecule has 1 N–H and O–H groups in total. The molecule has 0 atom stereocenters. The van der Waals surface area contributed by atoms with Crippen molar-refractivity contribution in [1.82, 2.24) is 15.2 Å². The quantitative estimate of drug-likeness (QED) is 0.707. The van der Waals surface area contributed by atoms with Crippen LogP contribution >= 0.6 is 22.7 Å². The van der Waals surface area contributed by atoms with Gasteiger partial charge in [0.15, 0.2) is 0 Å². The molecule has 25 heavy (non-hydrogen) atoms. The lowest BCUT2D eigenvalue weighted by molar-refractivity contribution is 0.102. The molecule has 0 unspecified atom stereocenters. The van der Waals surface area contributed by atoms with Crippen LogP contribution in [0.3, 0.4) is 0 Å². The topological polar surface area (TPSA) is 77.0 Å². The minimum Gasteiger partial charge on any atom is -0.487 e. The second-order valence-electron chi connectivity index (χ2n) is 5.85. The van der Waals surface area contributed by atoms with Crippen LogP contribution in [-0.4, -0.2) is 21.1 Å². The number of hydrogen-bond donors (Lipinski definition) is 1. The molecule has 3 aromatic rings. The van der Waals surface area contributed by atoms with Gasteiger partial charge in [-0.05, 0) is 38.0 Å². The molecule has 0 radical (unpaired) electrons. The first kappa shape index (κ1) is 16.2. The first-order valence-corrected chi connectivity index (χ1v) is 9.65. The molecule has 128 valence electrons. The van der Waals surface area contributed by atoms with E-state index in [1.54, 1.807) is 29.5 Å². The Balaban J connectivity index is 1.39. The predicted octanol–water partition coefficient (Wildman–Crippen LogP) is 4.01. The summed E-state index contributed by atoms with van der Waals surface area (Å²) in [6, 6.07) is 7.09. The number of nitrogens with zero attached hydrogens (tertiary/aromatic N) is 3. The van der Waals surface area contributed by atoms with Crippen LogP contribution in [0.4, 0.5) is 5.13 Å². The van der Waals surface area contributed by atoms with Gasteiger partial charge in [0.05, 0.1) is 10.7 Å². The van der Waals surface area contributed by atoms with Gasteiger partial charge in [0.25, 0.3) is 5.91 Å². The van der Waals surface area contributed by atoms with Crippen molar-refractivity contribution in [1.29, 1.82) is 0 Å². The zero-order valence-electron chi connectivity index (χ0n) is 13.6. The van der Waals surface area contributed by atoms with Crippen LogP contribution in [0.5, 0.6) is 5.75 Å². The molecule has 0 saturated heterocycles. The number of carbonyl (C=O) groups excluding carboxylic acids is 1. The van der Waals surface area contributed by atoms with Crippen LogP contribution in [0.2, 0.25) is 0 Å². The van der Waals surface area contributed by atoms with Gasteiger partial charge in [-0.15, -0.1) is 21.5 Å². The summed E-state index contributed by atoms with van der Waals surface area (Å²) < 4.78 is 5.73. The van der Waals surface area contributed by atoms with Crippen molar-refractivity contribution in [2.45, 2.75) is 32.3 Å². The summed E-state index contributed by atoms with van der Waals surface area (Å²) in [5.41, 5.74) is 1.41. The predicted molar refractivity (Wildman–Crippen MR) is 97.5 cm³/mol. The van der Waals surface area contributed by atoms with Crippen molar-refractivity contribution in [3.05, 3.63) is 50.9 Å². The second kappa shape index (κ2) is 6.89. The molecular weight excluding hydrogens is 356 g/mol. The molecular formula is C17H16N4O2S2. The fourth-order valence-electron chi connectivity index (χ4n) is 2.31. The zero-order chi connectivity index (χ0) is 17.2. The summed E-state index contributed by atoms with van der Waals surface area (Å²) in [6.45, 7) is 2.35. The van der Waals surface area contributed by atoms with Crippen molar-refractivity contribution < 1.29 is 9.53 Å². The molecule has 0 aliphatic heterocycles. The summed E-state index contributed by atoms with van der Waals surface area (Å²) in [7, 11) is 0. The summed E-state index contributed by atoms with van der Waals surface area (Å²) in [6.07, 6.45) is 2.33. The van der Waals surface area contributed by atoms with E-state index in [0.717, 1.165) is 15.7 Å². The fraction of sp³-hybridized carbons (Fsp3) is 0.294.